The molecule has 0 saturated heterocycles. The van der Waals surface area contributed by atoms with Gasteiger partial charge in [-0.25, -0.2) is 0 Å². The number of rotatable bonds is 2. The van der Waals surface area contributed by atoms with Gasteiger partial charge in [0, 0.05) is 6.42 Å². The van der Waals surface area contributed by atoms with Crippen LogP contribution in [0.1, 0.15) is 17.2 Å². The Morgan fingerprint density at radius 1 is 1.47 bits per heavy atom. The highest BCUT2D eigenvalue weighted by molar-refractivity contribution is 5.41. The van der Waals surface area contributed by atoms with Gasteiger partial charge in [-0.2, -0.15) is 5.26 Å². The predicted molar refractivity (Wildman–Crippen MR) is 57.7 cm³/mol. The minimum Gasteiger partial charge on any atom is -0.493 e. The molecule has 1 heterocycles. The Kier molecular flexibility index (Phi) is 2.61. The van der Waals surface area contributed by atoms with Crippen LogP contribution in [0.4, 0.5) is 0 Å². The summed E-state index contributed by atoms with van der Waals surface area (Å²) in [5, 5.41) is 9.08. The van der Waals surface area contributed by atoms with Gasteiger partial charge in [0.15, 0.2) is 0 Å². The average Bonchev–Trinajstić information content (AvgIpc) is 2.65. The first-order valence-corrected chi connectivity index (χ1v) is 5.04. The molecule has 0 amide bonds. The van der Waals surface area contributed by atoms with E-state index in [1.54, 1.807) is 0 Å². The van der Waals surface area contributed by atoms with Crippen molar-refractivity contribution < 1.29 is 4.74 Å². The number of hydrogen-bond acceptors (Lipinski definition) is 3. The minimum absolute atomic E-state index is 0.170. The molecule has 1 aliphatic heterocycles. The van der Waals surface area contributed by atoms with Crippen LogP contribution in [0.2, 0.25) is 0 Å². The van der Waals surface area contributed by atoms with Gasteiger partial charge in [-0.15, -0.1) is 0 Å². The zero-order chi connectivity index (χ0) is 10.8. The molecule has 3 nitrogen and oxygen atoms in total. The number of hydrogen-bond donors (Lipinski definition) is 0. The molecule has 0 spiro atoms. The quantitative estimate of drug-likeness (QED) is 0.733. The van der Waals surface area contributed by atoms with Gasteiger partial charge in [0.1, 0.15) is 11.8 Å². The van der Waals surface area contributed by atoms with Gasteiger partial charge in [0.25, 0.3) is 0 Å². The fourth-order valence-electron chi connectivity index (χ4n) is 1.86. The molecule has 0 N–H and O–H groups in total. The number of nitriles is 1. The van der Waals surface area contributed by atoms with E-state index >= 15 is 0 Å². The lowest BCUT2D eigenvalue weighted by molar-refractivity contribution is 0.354. The summed E-state index contributed by atoms with van der Waals surface area (Å²) < 4.78 is 5.43. The number of benzene rings is 1. The lowest BCUT2D eigenvalue weighted by Crippen LogP contribution is -2.18. The molecule has 0 fully saturated rings. The first kappa shape index (κ1) is 10.0. The molecule has 3 heteroatoms. The summed E-state index contributed by atoms with van der Waals surface area (Å²) in [7, 11) is 3.83. The van der Waals surface area contributed by atoms with Crippen molar-refractivity contribution in [2.75, 3.05) is 20.7 Å². The summed E-state index contributed by atoms with van der Waals surface area (Å²) in [5.74, 6) is 0.967. The Hall–Kier alpha value is -1.53. The molecule has 1 aromatic rings. The summed E-state index contributed by atoms with van der Waals surface area (Å²) >= 11 is 0. The van der Waals surface area contributed by atoms with Crippen molar-refractivity contribution in [3.05, 3.63) is 29.3 Å². The Morgan fingerprint density at radius 3 is 2.93 bits per heavy atom. The minimum atomic E-state index is -0.170. The Balaban J connectivity index is 2.34. The lowest BCUT2D eigenvalue weighted by Gasteiger charge is -2.17. The van der Waals surface area contributed by atoms with Crippen molar-refractivity contribution in [2.45, 2.75) is 12.5 Å². The van der Waals surface area contributed by atoms with E-state index < -0.39 is 0 Å². The number of nitrogens with zero attached hydrogens (tertiary/aromatic N) is 2. The molecule has 0 bridgehead atoms. The largest absolute Gasteiger partial charge is 0.493 e. The predicted octanol–water partition coefficient (Wildman–Crippen LogP) is 1.75. The fraction of sp³-hybridized carbons (Fsp3) is 0.417. The van der Waals surface area contributed by atoms with E-state index in [0.29, 0.717) is 0 Å². The molecule has 2 rings (SSSR count). The first-order chi connectivity index (χ1) is 7.22. The van der Waals surface area contributed by atoms with Gasteiger partial charge in [-0.05, 0) is 37.4 Å². The van der Waals surface area contributed by atoms with Gasteiger partial charge in [-0.1, -0.05) is 6.07 Å². The third kappa shape index (κ3) is 1.81. The lowest BCUT2D eigenvalue weighted by atomic mass is 10.0. The number of ether oxygens (including phenoxy) is 1. The smallest absolute Gasteiger partial charge is 0.123 e. The maximum Gasteiger partial charge on any atom is 0.123 e. The normalized spacial score (nSPS) is 15.6. The molecule has 1 atom stereocenters. The van der Waals surface area contributed by atoms with Gasteiger partial charge in [-0.3, -0.25) is 4.90 Å². The Morgan fingerprint density at radius 2 is 2.27 bits per heavy atom. The van der Waals surface area contributed by atoms with E-state index in [4.69, 9.17) is 10.00 Å². The van der Waals surface area contributed by atoms with Crippen molar-refractivity contribution in [1.29, 1.82) is 5.26 Å². The highest BCUT2D eigenvalue weighted by atomic mass is 16.5. The van der Waals surface area contributed by atoms with Crippen molar-refractivity contribution in [3.63, 3.8) is 0 Å². The topological polar surface area (TPSA) is 36.3 Å². The van der Waals surface area contributed by atoms with Crippen LogP contribution < -0.4 is 4.74 Å². The van der Waals surface area contributed by atoms with Gasteiger partial charge >= 0.3 is 0 Å². The summed E-state index contributed by atoms with van der Waals surface area (Å²) in [4.78, 5) is 1.91. The molecule has 1 unspecified atom stereocenters. The van der Waals surface area contributed by atoms with Gasteiger partial charge in [0.2, 0.25) is 0 Å². The first-order valence-electron chi connectivity index (χ1n) is 5.04. The second-order valence-corrected chi connectivity index (χ2v) is 3.96. The van der Waals surface area contributed by atoms with E-state index in [9.17, 15) is 0 Å². The molecule has 0 radical (unpaired) electrons. The summed E-state index contributed by atoms with van der Waals surface area (Å²) in [5.41, 5.74) is 2.27. The average molecular weight is 202 g/mol. The second kappa shape index (κ2) is 3.92. The molecular weight excluding hydrogens is 188 g/mol. The zero-order valence-electron chi connectivity index (χ0n) is 9.03. The molecule has 1 aromatic carbocycles. The molecule has 0 saturated carbocycles. The van der Waals surface area contributed by atoms with Crippen LogP contribution in [0.5, 0.6) is 5.75 Å². The molecule has 0 aromatic heterocycles. The van der Waals surface area contributed by atoms with E-state index in [0.717, 1.165) is 24.3 Å². The van der Waals surface area contributed by atoms with E-state index in [2.05, 4.69) is 12.1 Å². The van der Waals surface area contributed by atoms with Gasteiger partial charge < -0.3 is 4.74 Å². The zero-order valence-corrected chi connectivity index (χ0v) is 9.03. The highest BCUT2D eigenvalue weighted by Crippen LogP contribution is 2.29. The van der Waals surface area contributed by atoms with Crippen LogP contribution in [-0.2, 0) is 6.42 Å². The molecule has 0 aliphatic carbocycles. The van der Waals surface area contributed by atoms with Crippen LogP contribution in [0.3, 0.4) is 0 Å². The van der Waals surface area contributed by atoms with Crippen LogP contribution in [-0.4, -0.2) is 25.6 Å². The van der Waals surface area contributed by atoms with Crippen molar-refractivity contribution >= 4 is 0 Å². The molecule has 15 heavy (non-hydrogen) atoms. The van der Waals surface area contributed by atoms with Crippen molar-refractivity contribution in [1.82, 2.24) is 4.90 Å². The maximum atomic E-state index is 9.08. The van der Waals surface area contributed by atoms with E-state index in [1.165, 1.54) is 5.56 Å². The van der Waals surface area contributed by atoms with Crippen molar-refractivity contribution in [3.8, 4) is 11.8 Å². The van der Waals surface area contributed by atoms with Gasteiger partial charge in [0.05, 0.1) is 12.7 Å². The number of fused-ring (bicyclic) bond motifs is 1. The maximum absolute atomic E-state index is 9.08. The summed E-state index contributed by atoms with van der Waals surface area (Å²) in [6.45, 7) is 0.762. The molecule has 78 valence electrons. The molecule has 1 aliphatic rings. The third-order valence-corrected chi connectivity index (χ3v) is 2.67. The summed E-state index contributed by atoms with van der Waals surface area (Å²) in [6.07, 6.45) is 0.953. The van der Waals surface area contributed by atoms with Crippen LogP contribution in [0.15, 0.2) is 18.2 Å². The molecular formula is C12H14N2O. The third-order valence-electron chi connectivity index (χ3n) is 2.67. The van der Waals surface area contributed by atoms with Crippen LogP contribution >= 0.6 is 0 Å². The van der Waals surface area contributed by atoms with E-state index in [1.807, 2.05) is 31.1 Å². The van der Waals surface area contributed by atoms with E-state index in [-0.39, 0.29) is 6.04 Å². The van der Waals surface area contributed by atoms with Crippen LogP contribution in [0.25, 0.3) is 0 Å². The standard InChI is InChI=1S/C12H14N2O/c1-14(2)11(8-13)9-3-4-12-10(7-9)5-6-15-12/h3-4,7,11H,5-6H2,1-2H3. The highest BCUT2D eigenvalue weighted by Gasteiger charge is 2.17. The Bertz CT molecular complexity index is 407. The summed E-state index contributed by atoms with van der Waals surface area (Å²) in [6, 6.07) is 8.14. The second-order valence-electron chi connectivity index (χ2n) is 3.96. The monoisotopic (exact) mass is 202 g/mol. The van der Waals surface area contributed by atoms with Crippen molar-refractivity contribution in [2.24, 2.45) is 0 Å². The SMILES string of the molecule is CN(C)C(C#N)c1ccc2c(c1)CCO2. The Labute approximate surface area is 89.9 Å². The van der Waals surface area contributed by atoms with Crippen LogP contribution in [0, 0.1) is 11.3 Å². The fourth-order valence-corrected chi connectivity index (χ4v) is 1.86.